The summed E-state index contributed by atoms with van der Waals surface area (Å²) in [7, 11) is 0. The van der Waals surface area contributed by atoms with Gasteiger partial charge in [-0.3, -0.25) is 4.98 Å². The Kier molecular flexibility index (Phi) is 3.84. The number of ether oxygens (including phenoxy) is 1. The van der Waals surface area contributed by atoms with Crippen LogP contribution in [0.5, 0.6) is 5.75 Å². The third kappa shape index (κ3) is 3.10. The van der Waals surface area contributed by atoms with Gasteiger partial charge in [0.1, 0.15) is 5.75 Å². The molecule has 1 saturated carbocycles. The quantitative estimate of drug-likeness (QED) is 0.733. The molecule has 0 radical (unpaired) electrons. The van der Waals surface area contributed by atoms with Crippen molar-refractivity contribution in [1.82, 2.24) is 4.98 Å². The van der Waals surface area contributed by atoms with Crippen molar-refractivity contribution in [2.45, 2.75) is 31.6 Å². The predicted molar refractivity (Wildman–Crippen MR) is 61.2 cm³/mol. The van der Waals surface area contributed by atoms with Crippen molar-refractivity contribution in [3.63, 3.8) is 0 Å². The second-order valence-electron chi connectivity index (χ2n) is 4.08. The van der Waals surface area contributed by atoms with Gasteiger partial charge in [0, 0.05) is 0 Å². The Morgan fingerprint density at radius 2 is 2.13 bits per heavy atom. The molecule has 1 aromatic heterocycles. The number of aromatic nitrogens is 1. The van der Waals surface area contributed by atoms with Gasteiger partial charge in [0.15, 0.2) is 0 Å². The number of alkyl halides is 1. The van der Waals surface area contributed by atoms with Gasteiger partial charge in [0.05, 0.1) is 24.4 Å². The van der Waals surface area contributed by atoms with Crippen LogP contribution in [0.15, 0.2) is 18.3 Å². The van der Waals surface area contributed by atoms with Gasteiger partial charge in [-0.05, 0) is 30.9 Å². The Morgan fingerprint density at radius 3 is 2.73 bits per heavy atom. The molecule has 0 bridgehead atoms. The lowest BCUT2D eigenvalue weighted by Crippen LogP contribution is -2.08. The highest BCUT2D eigenvalue weighted by Crippen LogP contribution is 2.25. The Balaban J connectivity index is 1.82. The minimum absolute atomic E-state index is 0.461. The van der Waals surface area contributed by atoms with Crippen LogP contribution in [-0.4, -0.2) is 11.6 Å². The molecule has 0 N–H and O–H groups in total. The van der Waals surface area contributed by atoms with Gasteiger partial charge < -0.3 is 4.74 Å². The molecule has 2 nitrogen and oxygen atoms in total. The van der Waals surface area contributed by atoms with Gasteiger partial charge in [-0.2, -0.15) is 0 Å². The second kappa shape index (κ2) is 5.36. The molecule has 1 heterocycles. The highest BCUT2D eigenvalue weighted by molar-refractivity contribution is 6.16. The first-order chi connectivity index (χ1) is 7.38. The number of hydrogen-bond acceptors (Lipinski definition) is 2. The van der Waals surface area contributed by atoms with Gasteiger partial charge >= 0.3 is 0 Å². The molecule has 0 unspecified atom stereocenters. The Bertz CT molecular complexity index is 293. The van der Waals surface area contributed by atoms with Gasteiger partial charge in [-0.1, -0.05) is 12.8 Å². The number of rotatable bonds is 4. The summed E-state index contributed by atoms with van der Waals surface area (Å²) in [5, 5.41) is 0. The maximum absolute atomic E-state index is 5.68. The summed E-state index contributed by atoms with van der Waals surface area (Å²) in [5.74, 6) is 2.07. The molecule has 2 rings (SSSR count). The van der Waals surface area contributed by atoms with Crippen molar-refractivity contribution >= 4 is 11.6 Å². The number of hydrogen-bond donors (Lipinski definition) is 0. The zero-order chi connectivity index (χ0) is 10.5. The largest absolute Gasteiger partial charge is 0.492 e. The molecule has 82 valence electrons. The van der Waals surface area contributed by atoms with E-state index in [0.717, 1.165) is 24.0 Å². The first-order valence-corrected chi connectivity index (χ1v) is 6.05. The minimum Gasteiger partial charge on any atom is -0.492 e. The lowest BCUT2D eigenvalue weighted by molar-refractivity contribution is 0.251. The summed E-state index contributed by atoms with van der Waals surface area (Å²) in [6.45, 7) is 0.835. The molecule has 0 atom stereocenters. The van der Waals surface area contributed by atoms with E-state index in [9.17, 15) is 0 Å². The number of halogens is 1. The maximum atomic E-state index is 5.68. The van der Waals surface area contributed by atoms with Crippen LogP contribution in [0.2, 0.25) is 0 Å². The zero-order valence-electron chi connectivity index (χ0n) is 8.79. The van der Waals surface area contributed by atoms with Crippen LogP contribution < -0.4 is 4.74 Å². The van der Waals surface area contributed by atoms with Gasteiger partial charge in [0.25, 0.3) is 0 Å². The average molecular weight is 226 g/mol. The molecule has 0 aliphatic heterocycles. The van der Waals surface area contributed by atoms with Crippen molar-refractivity contribution < 1.29 is 4.74 Å². The fourth-order valence-corrected chi connectivity index (χ4v) is 2.12. The fraction of sp³-hybridized carbons (Fsp3) is 0.583. The van der Waals surface area contributed by atoms with E-state index in [-0.39, 0.29) is 0 Å². The van der Waals surface area contributed by atoms with Crippen molar-refractivity contribution in [3.05, 3.63) is 24.0 Å². The van der Waals surface area contributed by atoms with Crippen LogP contribution in [0, 0.1) is 5.92 Å². The molecular weight excluding hydrogens is 210 g/mol. The summed E-state index contributed by atoms with van der Waals surface area (Å²) >= 11 is 5.66. The van der Waals surface area contributed by atoms with E-state index < -0.39 is 0 Å². The Morgan fingerprint density at radius 1 is 1.33 bits per heavy atom. The molecular formula is C12H16ClNO. The lowest BCUT2D eigenvalue weighted by Gasteiger charge is -2.10. The van der Waals surface area contributed by atoms with Crippen LogP contribution >= 0.6 is 11.6 Å². The summed E-state index contributed by atoms with van der Waals surface area (Å²) in [6.07, 6.45) is 7.10. The molecule has 1 fully saturated rings. The van der Waals surface area contributed by atoms with Crippen LogP contribution in [0.4, 0.5) is 0 Å². The second-order valence-corrected chi connectivity index (χ2v) is 4.35. The van der Waals surface area contributed by atoms with E-state index >= 15 is 0 Å². The van der Waals surface area contributed by atoms with Gasteiger partial charge in [-0.25, -0.2) is 0 Å². The van der Waals surface area contributed by atoms with E-state index in [1.54, 1.807) is 6.20 Å². The standard InChI is InChI=1S/C12H16ClNO/c13-7-11-5-6-12(8-14-11)15-9-10-3-1-2-4-10/h5-6,8,10H,1-4,7,9H2. The number of pyridine rings is 1. The van der Waals surface area contributed by atoms with Crippen molar-refractivity contribution in [1.29, 1.82) is 0 Å². The predicted octanol–water partition coefficient (Wildman–Crippen LogP) is 3.39. The van der Waals surface area contributed by atoms with E-state index in [4.69, 9.17) is 16.3 Å². The highest BCUT2D eigenvalue weighted by atomic mass is 35.5. The zero-order valence-corrected chi connectivity index (χ0v) is 9.54. The maximum Gasteiger partial charge on any atom is 0.137 e. The monoisotopic (exact) mass is 225 g/mol. The van der Waals surface area contributed by atoms with Gasteiger partial charge in [0.2, 0.25) is 0 Å². The highest BCUT2D eigenvalue weighted by Gasteiger charge is 2.15. The molecule has 1 aliphatic carbocycles. The normalized spacial score (nSPS) is 16.9. The van der Waals surface area contributed by atoms with E-state index in [0.29, 0.717) is 5.88 Å². The molecule has 0 saturated heterocycles. The average Bonchev–Trinajstić information content (AvgIpc) is 2.80. The number of nitrogens with zero attached hydrogens (tertiary/aromatic N) is 1. The van der Waals surface area contributed by atoms with E-state index in [2.05, 4.69) is 4.98 Å². The SMILES string of the molecule is ClCc1ccc(OCC2CCCC2)cn1. The topological polar surface area (TPSA) is 22.1 Å². The summed E-state index contributed by atoms with van der Waals surface area (Å²) in [6, 6.07) is 3.86. The van der Waals surface area contributed by atoms with Crippen molar-refractivity contribution in [3.8, 4) is 5.75 Å². The lowest BCUT2D eigenvalue weighted by atomic mass is 10.1. The Hall–Kier alpha value is -0.760. The van der Waals surface area contributed by atoms with Crippen LogP contribution in [0.1, 0.15) is 31.4 Å². The smallest absolute Gasteiger partial charge is 0.137 e. The van der Waals surface area contributed by atoms with Gasteiger partial charge in [-0.15, -0.1) is 11.6 Å². The van der Waals surface area contributed by atoms with Crippen LogP contribution in [0.3, 0.4) is 0 Å². The first-order valence-electron chi connectivity index (χ1n) is 5.52. The molecule has 0 spiro atoms. The molecule has 1 aromatic rings. The molecule has 1 aliphatic rings. The summed E-state index contributed by atoms with van der Waals surface area (Å²) in [5.41, 5.74) is 0.893. The van der Waals surface area contributed by atoms with Crippen molar-refractivity contribution in [2.75, 3.05) is 6.61 Å². The Labute approximate surface area is 95.6 Å². The van der Waals surface area contributed by atoms with Crippen LogP contribution in [0.25, 0.3) is 0 Å². The van der Waals surface area contributed by atoms with Crippen molar-refractivity contribution in [2.24, 2.45) is 5.92 Å². The van der Waals surface area contributed by atoms with Crippen LogP contribution in [-0.2, 0) is 5.88 Å². The molecule has 15 heavy (non-hydrogen) atoms. The van der Waals surface area contributed by atoms with E-state index in [1.165, 1.54) is 25.7 Å². The third-order valence-corrected chi connectivity index (χ3v) is 3.17. The summed E-state index contributed by atoms with van der Waals surface area (Å²) < 4.78 is 5.68. The molecule has 3 heteroatoms. The first kappa shape index (κ1) is 10.7. The van der Waals surface area contributed by atoms with E-state index in [1.807, 2.05) is 12.1 Å². The summed E-state index contributed by atoms with van der Waals surface area (Å²) in [4.78, 5) is 4.19. The molecule has 0 aromatic carbocycles. The molecule has 0 amide bonds. The minimum atomic E-state index is 0.461. The third-order valence-electron chi connectivity index (χ3n) is 2.89. The fourth-order valence-electron chi connectivity index (χ4n) is 1.97.